The van der Waals surface area contributed by atoms with Gasteiger partial charge < -0.3 is 10.1 Å². The van der Waals surface area contributed by atoms with E-state index in [1.54, 1.807) is 6.92 Å². The van der Waals surface area contributed by atoms with Crippen LogP contribution in [0.25, 0.3) is 0 Å². The fourth-order valence-corrected chi connectivity index (χ4v) is 3.61. The Morgan fingerprint density at radius 2 is 2.21 bits per heavy atom. The number of amides is 1. The molecule has 0 saturated heterocycles. The van der Waals surface area contributed by atoms with Gasteiger partial charge in [0, 0.05) is 5.92 Å². The highest BCUT2D eigenvalue weighted by atomic mass is 79.9. The molecule has 0 atom stereocenters. The summed E-state index contributed by atoms with van der Waals surface area (Å²) in [5.74, 6) is -0.229. The molecular weight excluding hydrogens is 442 g/mol. The van der Waals surface area contributed by atoms with Crippen LogP contribution >= 0.6 is 15.9 Å². The number of nitrogens with zero attached hydrogens (tertiary/aromatic N) is 3. The van der Waals surface area contributed by atoms with Crippen LogP contribution < -0.4 is 10.1 Å². The normalized spacial score (nSPS) is 13.6. The van der Waals surface area contributed by atoms with E-state index in [4.69, 9.17) is 4.74 Å². The molecular formula is C17H17BrF2N4O4. The van der Waals surface area contributed by atoms with Gasteiger partial charge in [0.2, 0.25) is 5.91 Å². The Labute approximate surface area is 167 Å². The number of rotatable bonds is 8. The number of nitrogens with one attached hydrogen (secondary N) is 1. The standard InChI is InChI=1S/C17H17BrF2N4O4/c1-2-28-10-5-6-11(12(7-10)24(26)27)21-13(25)8-23-16(9-3-4-9)14(18)15(22-23)17(19)20/h5-7,9,17H,2-4,8H2,1H3,(H,21,25). The molecule has 1 amide bonds. The Hall–Kier alpha value is -2.56. The lowest BCUT2D eigenvalue weighted by Crippen LogP contribution is -2.21. The van der Waals surface area contributed by atoms with Crippen LogP contribution in [-0.2, 0) is 11.3 Å². The smallest absolute Gasteiger partial charge is 0.296 e. The number of ether oxygens (including phenoxy) is 1. The van der Waals surface area contributed by atoms with Gasteiger partial charge in [0.05, 0.1) is 27.8 Å². The van der Waals surface area contributed by atoms with Crippen LogP contribution in [0.1, 0.15) is 43.5 Å². The lowest BCUT2D eigenvalue weighted by Gasteiger charge is -2.10. The largest absolute Gasteiger partial charge is 0.494 e. The van der Waals surface area contributed by atoms with Gasteiger partial charge in [-0.3, -0.25) is 19.6 Å². The summed E-state index contributed by atoms with van der Waals surface area (Å²) >= 11 is 3.16. The lowest BCUT2D eigenvalue weighted by molar-refractivity contribution is -0.384. The van der Waals surface area contributed by atoms with E-state index in [2.05, 4.69) is 26.3 Å². The van der Waals surface area contributed by atoms with Crippen molar-refractivity contribution < 1.29 is 23.2 Å². The van der Waals surface area contributed by atoms with Gasteiger partial charge in [-0.1, -0.05) is 0 Å². The molecule has 1 aliphatic rings. The summed E-state index contributed by atoms with van der Waals surface area (Å²) in [5, 5.41) is 17.6. The van der Waals surface area contributed by atoms with E-state index in [0.29, 0.717) is 18.1 Å². The molecule has 2 aromatic rings. The second-order valence-corrected chi connectivity index (χ2v) is 7.03. The Bertz CT molecular complexity index is 915. The zero-order valence-electron chi connectivity index (χ0n) is 14.8. The lowest BCUT2D eigenvalue weighted by atomic mass is 10.2. The number of halogens is 3. The van der Waals surface area contributed by atoms with Crippen molar-refractivity contribution in [3.8, 4) is 5.75 Å². The van der Waals surface area contributed by atoms with Crippen LogP contribution in [0.4, 0.5) is 20.2 Å². The zero-order valence-corrected chi connectivity index (χ0v) is 16.4. The molecule has 150 valence electrons. The second-order valence-electron chi connectivity index (χ2n) is 6.23. The van der Waals surface area contributed by atoms with Gasteiger partial charge >= 0.3 is 0 Å². The van der Waals surface area contributed by atoms with E-state index >= 15 is 0 Å². The van der Waals surface area contributed by atoms with Crippen LogP contribution in [-0.4, -0.2) is 27.2 Å². The maximum Gasteiger partial charge on any atom is 0.296 e. The number of anilines is 1. The SMILES string of the molecule is CCOc1ccc(NC(=O)Cn2nc(C(F)F)c(Br)c2C2CC2)c([N+](=O)[O-])c1. The van der Waals surface area contributed by atoms with E-state index < -0.39 is 22.9 Å². The van der Waals surface area contributed by atoms with Gasteiger partial charge in [-0.25, -0.2) is 8.78 Å². The highest BCUT2D eigenvalue weighted by molar-refractivity contribution is 9.10. The molecule has 3 rings (SSSR count). The second kappa shape index (κ2) is 8.21. The summed E-state index contributed by atoms with van der Waals surface area (Å²) in [4.78, 5) is 23.1. The maximum atomic E-state index is 13.1. The topological polar surface area (TPSA) is 99.3 Å². The molecule has 0 unspecified atom stereocenters. The Balaban J connectivity index is 1.81. The van der Waals surface area contributed by atoms with Crippen LogP contribution in [0.2, 0.25) is 0 Å². The number of carbonyl (C=O) groups excluding carboxylic acids is 1. The third-order valence-electron chi connectivity index (χ3n) is 4.17. The highest BCUT2D eigenvalue weighted by Crippen LogP contribution is 2.45. The van der Waals surface area contributed by atoms with Crippen molar-refractivity contribution in [1.82, 2.24) is 9.78 Å². The number of hydrogen-bond donors (Lipinski definition) is 1. The van der Waals surface area contributed by atoms with Crippen molar-refractivity contribution in [3.05, 3.63) is 44.2 Å². The molecule has 11 heteroatoms. The van der Waals surface area contributed by atoms with E-state index in [0.717, 1.165) is 12.8 Å². The number of alkyl halides is 2. The molecule has 1 aromatic heterocycles. The molecule has 1 N–H and O–H groups in total. The molecule has 1 saturated carbocycles. The first-order chi connectivity index (χ1) is 13.3. The molecule has 1 aliphatic carbocycles. The van der Waals surface area contributed by atoms with Crippen molar-refractivity contribution in [1.29, 1.82) is 0 Å². The third-order valence-corrected chi connectivity index (χ3v) is 4.98. The molecule has 0 radical (unpaired) electrons. The average Bonchev–Trinajstić information content (AvgIpc) is 3.40. The van der Waals surface area contributed by atoms with Gasteiger partial charge in [-0.2, -0.15) is 5.10 Å². The van der Waals surface area contributed by atoms with Gasteiger partial charge in [0.25, 0.3) is 12.1 Å². The van der Waals surface area contributed by atoms with Gasteiger partial charge in [0.15, 0.2) is 0 Å². The molecule has 0 spiro atoms. The number of nitro groups is 1. The summed E-state index contributed by atoms with van der Waals surface area (Å²) in [6.45, 7) is 1.75. The molecule has 8 nitrogen and oxygen atoms in total. The summed E-state index contributed by atoms with van der Waals surface area (Å²) < 4.78 is 33.0. The molecule has 1 fully saturated rings. The Morgan fingerprint density at radius 3 is 2.79 bits per heavy atom. The fourth-order valence-electron chi connectivity index (χ4n) is 2.83. The summed E-state index contributed by atoms with van der Waals surface area (Å²) in [6, 6.07) is 4.09. The van der Waals surface area contributed by atoms with Gasteiger partial charge in [-0.05, 0) is 47.8 Å². The Kier molecular flexibility index (Phi) is 5.92. The summed E-state index contributed by atoms with van der Waals surface area (Å²) in [5.41, 5.74) is -0.197. The molecule has 28 heavy (non-hydrogen) atoms. The molecule has 0 aliphatic heterocycles. The number of benzene rings is 1. The molecule has 1 aromatic carbocycles. The molecule has 0 bridgehead atoms. The first kappa shape index (κ1) is 20.2. The fraction of sp³-hybridized carbons (Fsp3) is 0.412. The first-order valence-corrected chi connectivity index (χ1v) is 9.36. The van der Waals surface area contributed by atoms with Crippen LogP contribution in [0.3, 0.4) is 0 Å². The van der Waals surface area contributed by atoms with E-state index in [9.17, 15) is 23.7 Å². The summed E-state index contributed by atoms with van der Waals surface area (Å²) in [6.07, 6.45) is -1.11. The number of hydrogen-bond acceptors (Lipinski definition) is 5. The first-order valence-electron chi connectivity index (χ1n) is 8.57. The van der Waals surface area contributed by atoms with Crippen LogP contribution in [0, 0.1) is 10.1 Å². The maximum absolute atomic E-state index is 13.1. The van der Waals surface area contributed by atoms with Gasteiger partial charge in [0.1, 0.15) is 23.7 Å². The number of aromatic nitrogens is 2. The van der Waals surface area contributed by atoms with Crippen molar-refractivity contribution in [2.45, 2.75) is 38.7 Å². The van der Waals surface area contributed by atoms with Crippen molar-refractivity contribution in [2.24, 2.45) is 0 Å². The monoisotopic (exact) mass is 458 g/mol. The highest BCUT2D eigenvalue weighted by Gasteiger charge is 2.34. The predicted molar refractivity (Wildman–Crippen MR) is 99.8 cm³/mol. The van der Waals surface area contributed by atoms with E-state index in [-0.39, 0.29) is 28.3 Å². The summed E-state index contributed by atoms with van der Waals surface area (Å²) in [7, 11) is 0. The average molecular weight is 459 g/mol. The minimum Gasteiger partial charge on any atom is -0.494 e. The quantitative estimate of drug-likeness (QED) is 0.466. The number of nitro benzene ring substituents is 1. The minimum atomic E-state index is -2.77. The minimum absolute atomic E-state index is 0.00766. The van der Waals surface area contributed by atoms with Crippen molar-refractivity contribution >= 4 is 33.2 Å². The predicted octanol–water partition coefficient (Wildman–Crippen LogP) is 4.41. The van der Waals surface area contributed by atoms with Crippen LogP contribution in [0.15, 0.2) is 22.7 Å². The Morgan fingerprint density at radius 1 is 1.50 bits per heavy atom. The third kappa shape index (κ3) is 4.29. The van der Waals surface area contributed by atoms with Crippen molar-refractivity contribution in [3.63, 3.8) is 0 Å². The molecule has 1 heterocycles. The van der Waals surface area contributed by atoms with E-state index in [1.807, 2.05) is 0 Å². The number of carbonyl (C=O) groups is 1. The van der Waals surface area contributed by atoms with E-state index in [1.165, 1.54) is 22.9 Å². The van der Waals surface area contributed by atoms with Crippen LogP contribution in [0.5, 0.6) is 5.75 Å². The van der Waals surface area contributed by atoms with Crippen molar-refractivity contribution in [2.75, 3.05) is 11.9 Å². The zero-order chi connectivity index (χ0) is 20.4. The van der Waals surface area contributed by atoms with Gasteiger partial charge in [-0.15, -0.1) is 0 Å².